The van der Waals surface area contributed by atoms with E-state index in [4.69, 9.17) is 9.47 Å². The Labute approximate surface area is 221 Å². The van der Waals surface area contributed by atoms with E-state index < -0.39 is 14.4 Å². The normalized spacial score (nSPS) is 28.8. The van der Waals surface area contributed by atoms with Crippen LogP contribution in [0.15, 0.2) is 18.2 Å². The van der Waals surface area contributed by atoms with Crippen LogP contribution in [0, 0.1) is 11.8 Å². The molecule has 10 heteroatoms. The van der Waals surface area contributed by atoms with Crippen LogP contribution in [0.25, 0.3) is 0 Å². The first-order valence-corrected chi connectivity index (χ1v) is 16.6. The fourth-order valence-electron chi connectivity index (χ4n) is 6.20. The molecule has 2 saturated heterocycles. The lowest BCUT2D eigenvalue weighted by Gasteiger charge is -2.44. The Morgan fingerprint density at radius 1 is 1.30 bits per heavy atom. The van der Waals surface area contributed by atoms with Crippen molar-refractivity contribution in [1.29, 1.82) is 0 Å². The number of benzene rings is 1. The van der Waals surface area contributed by atoms with Gasteiger partial charge in [-0.1, -0.05) is 6.92 Å². The van der Waals surface area contributed by atoms with E-state index in [0.29, 0.717) is 24.5 Å². The molecule has 1 aromatic rings. The van der Waals surface area contributed by atoms with Crippen molar-refractivity contribution in [2.75, 3.05) is 38.7 Å². The molecule has 0 aromatic heterocycles. The van der Waals surface area contributed by atoms with Gasteiger partial charge >= 0.3 is 0 Å². The Bertz CT molecular complexity index is 964. The Morgan fingerprint density at radius 3 is 2.73 bits per heavy atom. The summed E-state index contributed by atoms with van der Waals surface area (Å²) >= 11 is 0. The number of aliphatic hydroxyl groups is 1. The largest absolute Gasteiger partial charge is 0.490 e. The van der Waals surface area contributed by atoms with Gasteiger partial charge in [-0.3, -0.25) is 9.59 Å². The molecule has 4 rings (SSSR count). The summed E-state index contributed by atoms with van der Waals surface area (Å²) in [6, 6.07) is 5.46. The van der Waals surface area contributed by atoms with E-state index in [1.807, 2.05) is 38.2 Å². The number of methoxy groups -OCH3 is 1. The van der Waals surface area contributed by atoms with Gasteiger partial charge in [0, 0.05) is 49.3 Å². The lowest BCUT2D eigenvalue weighted by molar-refractivity contribution is -0.133. The highest BCUT2D eigenvalue weighted by molar-refractivity contribution is 6.71. The molecule has 6 atom stereocenters. The number of nitrogens with one attached hydrogen (secondary N) is 2. The quantitative estimate of drug-likeness (QED) is 0.379. The molecular weight excluding hydrogens is 490 g/mol. The number of hydrogen-bond acceptors (Lipinski definition) is 7. The molecule has 206 valence electrons. The fraction of sp³-hybridized carbons (Fsp3) is 0.704. The van der Waals surface area contributed by atoms with Gasteiger partial charge in [-0.15, -0.1) is 0 Å². The zero-order valence-corrected chi connectivity index (χ0v) is 23.5. The molecular formula is C27H43N3O6Si. The third kappa shape index (κ3) is 6.20. The van der Waals surface area contributed by atoms with Gasteiger partial charge in [0.25, 0.3) is 0 Å². The molecule has 3 aliphatic rings. The van der Waals surface area contributed by atoms with Crippen molar-refractivity contribution in [3.8, 4) is 5.75 Å². The van der Waals surface area contributed by atoms with E-state index in [2.05, 4.69) is 10.6 Å². The van der Waals surface area contributed by atoms with Gasteiger partial charge in [-0.25, -0.2) is 0 Å². The van der Waals surface area contributed by atoms with Crippen molar-refractivity contribution in [1.82, 2.24) is 10.2 Å². The molecule has 0 bridgehead atoms. The summed E-state index contributed by atoms with van der Waals surface area (Å²) < 4.78 is 12.5. The van der Waals surface area contributed by atoms with Crippen molar-refractivity contribution in [2.45, 2.75) is 75.9 Å². The number of carbonyl (C=O) groups excluding carboxylic acids is 2. The summed E-state index contributed by atoms with van der Waals surface area (Å²) in [6.07, 6.45) is 3.02. The maximum absolute atomic E-state index is 13.3. The van der Waals surface area contributed by atoms with Crippen LogP contribution >= 0.6 is 0 Å². The second-order valence-electron chi connectivity index (χ2n) is 11.4. The molecule has 2 unspecified atom stereocenters. The number of carbonyl (C=O) groups is 2. The van der Waals surface area contributed by atoms with Gasteiger partial charge in [0.05, 0.1) is 24.7 Å². The molecule has 0 saturated carbocycles. The van der Waals surface area contributed by atoms with E-state index in [0.717, 1.165) is 37.8 Å². The van der Waals surface area contributed by atoms with E-state index in [1.54, 1.807) is 12.0 Å². The van der Waals surface area contributed by atoms with Crippen molar-refractivity contribution >= 4 is 25.8 Å². The van der Waals surface area contributed by atoms with Crippen molar-refractivity contribution < 1.29 is 29.0 Å². The van der Waals surface area contributed by atoms with Crippen LogP contribution in [0.4, 0.5) is 5.69 Å². The van der Waals surface area contributed by atoms with Crippen LogP contribution in [-0.2, 0) is 14.3 Å². The average Bonchev–Trinajstić information content (AvgIpc) is 3.36. The van der Waals surface area contributed by atoms with Crippen LogP contribution in [-0.4, -0.2) is 80.4 Å². The molecule has 2 fully saturated rings. The first-order chi connectivity index (χ1) is 17.6. The first-order valence-electron chi connectivity index (χ1n) is 13.6. The van der Waals surface area contributed by atoms with Gasteiger partial charge in [-0.05, 0) is 63.5 Å². The molecule has 0 aliphatic carbocycles. The summed E-state index contributed by atoms with van der Waals surface area (Å²) in [6.45, 7) is 7.98. The van der Waals surface area contributed by atoms with E-state index in [9.17, 15) is 19.5 Å². The van der Waals surface area contributed by atoms with Crippen LogP contribution < -0.4 is 15.4 Å². The molecule has 37 heavy (non-hydrogen) atoms. The van der Waals surface area contributed by atoms with Crippen LogP contribution in [0.3, 0.4) is 0 Å². The van der Waals surface area contributed by atoms with Crippen molar-refractivity contribution in [2.24, 2.45) is 11.8 Å². The second kappa shape index (κ2) is 11.8. The summed E-state index contributed by atoms with van der Waals surface area (Å²) in [7, 11) is -1.17. The Balaban J connectivity index is 1.54. The fourth-order valence-corrected chi connectivity index (χ4v) is 8.05. The second-order valence-corrected chi connectivity index (χ2v) is 15.5. The van der Waals surface area contributed by atoms with E-state index >= 15 is 0 Å². The van der Waals surface area contributed by atoms with Gasteiger partial charge in [0.1, 0.15) is 11.9 Å². The Kier molecular flexibility index (Phi) is 8.95. The highest BCUT2D eigenvalue weighted by Gasteiger charge is 2.48. The van der Waals surface area contributed by atoms with E-state index in [-0.39, 0.29) is 54.4 Å². The molecule has 3 heterocycles. The smallest absolute Gasteiger partial charge is 0.228 e. The third-order valence-electron chi connectivity index (χ3n) is 8.37. The Hall–Kier alpha value is -1.98. The summed E-state index contributed by atoms with van der Waals surface area (Å²) in [5.41, 5.74) is 1.21. The molecule has 0 radical (unpaired) electrons. The van der Waals surface area contributed by atoms with Gasteiger partial charge in [0.15, 0.2) is 8.32 Å². The summed E-state index contributed by atoms with van der Waals surface area (Å²) in [5, 5.41) is 16.0. The highest BCUT2D eigenvalue weighted by Crippen LogP contribution is 2.47. The lowest BCUT2D eigenvalue weighted by Crippen LogP contribution is -2.50. The Morgan fingerprint density at radius 2 is 2.08 bits per heavy atom. The van der Waals surface area contributed by atoms with Gasteiger partial charge in [-0.2, -0.15) is 0 Å². The number of hydrogen-bond donors (Lipinski definition) is 4. The minimum absolute atomic E-state index is 0.0125. The first kappa shape index (κ1) is 28.0. The lowest BCUT2D eigenvalue weighted by atomic mass is 9.86. The summed E-state index contributed by atoms with van der Waals surface area (Å²) in [5.74, 6) is 0.450. The van der Waals surface area contributed by atoms with Crippen molar-refractivity contribution in [3.05, 3.63) is 23.8 Å². The van der Waals surface area contributed by atoms with Gasteiger partial charge < -0.3 is 34.9 Å². The predicted octanol–water partition coefficient (Wildman–Crippen LogP) is 2.65. The van der Waals surface area contributed by atoms with Crippen molar-refractivity contribution in [3.63, 3.8) is 0 Å². The predicted molar refractivity (Wildman–Crippen MR) is 144 cm³/mol. The number of ether oxygens (including phenoxy) is 2. The van der Waals surface area contributed by atoms with Crippen LogP contribution in [0.5, 0.6) is 5.75 Å². The molecule has 3 aliphatic heterocycles. The van der Waals surface area contributed by atoms with E-state index in [1.165, 1.54) is 0 Å². The minimum Gasteiger partial charge on any atom is -0.490 e. The van der Waals surface area contributed by atoms with Crippen LogP contribution in [0.1, 0.15) is 50.7 Å². The third-order valence-corrected chi connectivity index (χ3v) is 10.7. The molecule has 9 nitrogen and oxygen atoms in total. The van der Waals surface area contributed by atoms with Gasteiger partial charge in [0.2, 0.25) is 11.8 Å². The highest BCUT2D eigenvalue weighted by atomic mass is 28.4. The number of amides is 2. The number of nitrogens with zero attached hydrogens (tertiary/aromatic N) is 1. The maximum atomic E-state index is 13.3. The molecule has 4 N–H and O–H groups in total. The molecule has 1 aromatic carbocycles. The minimum atomic E-state index is -2.83. The number of aliphatic hydroxyl groups excluding tert-OH is 1. The number of likely N-dealkylation sites (tertiary alicyclic amines) is 1. The summed E-state index contributed by atoms with van der Waals surface area (Å²) in [4.78, 5) is 39.1. The van der Waals surface area contributed by atoms with Crippen LogP contribution in [0.2, 0.25) is 18.6 Å². The number of rotatable bonds is 8. The standard InChI is InChI=1S/C27H43N3O6Si/c1-17-25(35-2)21-13-19(29-27(33)18-7-5-11-28-15-18)9-10-22(21)36-26(17)23(37(3,4)34)14-24(32)30-12-6-8-20(30)16-31/h9-10,13,17-18,20,23,25-26,28,31,34H,5-8,11-12,14-16H2,1-4H3,(H,29,33)/t17-,18?,20-,23?,25-,26-/m0/s1. The monoisotopic (exact) mass is 533 g/mol. The number of anilines is 1. The zero-order chi connectivity index (χ0) is 26.7. The maximum Gasteiger partial charge on any atom is 0.228 e. The molecule has 2 amide bonds. The molecule has 0 spiro atoms. The average molecular weight is 534 g/mol. The number of piperidine rings is 1. The SMILES string of the molecule is CO[C@@H]1c2cc(NC(=O)C3CCCNC3)ccc2O[C@H](C(CC(=O)N2CCC[C@H]2CO)[Si](C)(C)O)[C@H]1C. The zero-order valence-electron chi connectivity index (χ0n) is 22.5. The topological polar surface area (TPSA) is 120 Å². The number of fused-ring (bicyclic) bond motifs is 1.